The molecule has 0 radical (unpaired) electrons. The lowest BCUT2D eigenvalue weighted by molar-refractivity contribution is -0.387. The fourth-order valence-corrected chi connectivity index (χ4v) is 3.30. The summed E-state index contributed by atoms with van der Waals surface area (Å²) in [7, 11) is 0. The van der Waals surface area contributed by atoms with Crippen molar-refractivity contribution in [1.82, 2.24) is 0 Å². The molecule has 0 unspecified atom stereocenters. The van der Waals surface area contributed by atoms with Gasteiger partial charge in [-0.15, -0.1) is 11.8 Å². The van der Waals surface area contributed by atoms with Crippen LogP contribution in [0.5, 0.6) is 0 Å². The highest BCUT2D eigenvalue weighted by molar-refractivity contribution is 7.98. The second-order valence-corrected chi connectivity index (χ2v) is 6.77. The summed E-state index contributed by atoms with van der Waals surface area (Å²) in [6.07, 6.45) is 3.23. The number of carbonyl (C=O) groups excluding carboxylic acids is 2. The number of thioether (sulfide) groups is 1. The van der Waals surface area contributed by atoms with E-state index in [4.69, 9.17) is 4.74 Å². The van der Waals surface area contributed by atoms with Crippen LogP contribution in [-0.2, 0) is 22.4 Å². The SMILES string of the molecule is CCc1cccc(CC)c1NC(=O)COC(=O)c1ccc(SC)c([N+](=O)[O-])c1. The molecule has 0 atom stereocenters. The Morgan fingerprint density at radius 3 is 2.32 bits per heavy atom. The van der Waals surface area contributed by atoms with Crippen molar-refractivity contribution < 1.29 is 19.2 Å². The van der Waals surface area contributed by atoms with Gasteiger partial charge in [0.1, 0.15) is 0 Å². The molecule has 7 nitrogen and oxygen atoms in total. The smallest absolute Gasteiger partial charge is 0.338 e. The van der Waals surface area contributed by atoms with Gasteiger partial charge in [0.05, 0.1) is 15.4 Å². The molecule has 0 bridgehead atoms. The summed E-state index contributed by atoms with van der Waals surface area (Å²) in [5.74, 6) is -1.25. The first-order valence-corrected chi connectivity index (χ1v) is 10.0. The number of ether oxygens (including phenoxy) is 1. The zero-order valence-electron chi connectivity index (χ0n) is 16.0. The summed E-state index contributed by atoms with van der Waals surface area (Å²) in [6, 6.07) is 9.91. The van der Waals surface area contributed by atoms with Crippen LogP contribution in [-0.4, -0.2) is 29.7 Å². The number of anilines is 1. The summed E-state index contributed by atoms with van der Waals surface area (Å²) >= 11 is 1.21. The molecule has 1 amide bonds. The Morgan fingerprint density at radius 1 is 1.14 bits per heavy atom. The molecule has 8 heteroatoms. The van der Waals surface area contributed by atoms with Gasteiger partial charge in [-0.1, -0.05) is 32.0 Å². The van der Waals surface area contributed by atoms with Gasteiger partial charge in [-0.2, -0.15) is 0 Å². The molecule has 28 heavy (non-hydrogen) atoms. The second kappa shape index (κ2) is 9.89. The van der Waals surface area contributed by atoms with Gasteiger partial charge >= 0.3 is 5.97 Å². The van der Waals surface area contributed by atoms with E-state index in [2.05, 4.69) is 5.32 Å². The first-order valence-electron chi connectivity index (χ1n) is 8.81. The van der Waals surface area contributed by atoms with Crippen molar-refractivity contribution >= 4 is 35.0 Å². The molecular weight excluding hydrogens is 380 g/mol. The number of hydrogen-bond acceptors (Lipinski definition) is 6. The maximum absolute atomic E-state index is 12.3. The third kappa shape index (κ3) is 5.10. The average Bonchev–Trinajstić information content (AvgIpc) is 2.71. The monoisotopic (exact) mass is 402 g/mol. The van der Waals surface area contributed by atoms with E-state index >= 15 is 0 Å². The van der Waals surface area contributed by atoms with Gasteiger partial charge in [0.15, 0.2) is 6.61 Å². The molecule has 148 valence electrons. The third-order valence-corrected chi connectivity index (χ3v) is 4.99. The Balaban J connectivity index is 2.07. The van der Waals surface area contributed by atoms with E-state index in [9.17, 15) is 19.7 Å². The number of carbonyl (C=O) groups is 2. The number of nitrogens with zero attached hydrogens (tertiary/aromatic N) is 1. The van der Waals surface area contributed by atoms with Crippen molar-refractivity contribution in [3.05, 3.63) is 63.2 Å². The lowest BCUT2D eigenvalue weighted by atomic mass is 10.0. The fraction of sp³-hybridized carbons (Fsp3) is 0.300. The quantitative estimate of drug-likeness (QED) is 0.307. The minimum atomic E-state index is -0.787. The zero-order valence-corrected chi connectivity index (χ0v) is 16.8. The Hall–Kier alpha value is -2.87. The van der Waals surface area contributed by atoms with Crippen LogP contribution in [0.25, 0.3) is 0 Å². The van der Waals surface area contributed by atoms with E-state index in [0.717, 1.165) is 35.7 Å². The number of rotatable bonds is 8. The molecule has 0 aromatic heterocycles. The first kappa shape index (κ1) is 21.4. The number of benzene rings is 2. The number of para-hydroxylation sites is 1. The van der Waals surface area contributed by atoms with Crippen LogP contribution in [0.4, 0.5) is 11.4 Å². The number of hydrogen-bond donors (Lipinski definition) is 1. The van der Waals surface area contributed by atoms with E-state index in [1.807, 2.05) is 32.0 Å². The van der Waals surface area contributed by atoms with Crippen LogP contribution in [0, 0.1) is 10.1 Å². The molecule has 2 aromatic carbocycles. The highest BCUT2D eigenvalue weighted by Gasteiger charge is 2.19. The molecule has 0 saturated carbocycles. The predicted molar refractivity (Wildman–Crippen MR) is 109 cm³/mol. The van der Waals surface area contributed by atoms with Gasteiger partial charge in [-0.3, -0.25) is 14.9 Å². The Morgan fingerprint density at radius 2 is 1.79 bits per heavy atom. The van der Waals surface area contributed by atoms with Gasteiger partial charge in [0.25, 0.3) is 11.6 Å². The van der Waals surface area contributed by atoms with E-state index in [1.54, 1.807) is 6.26 Å². The van der Waals surface area contributed by atoms with Gasteiger partial charge in [0.2, 0.25) is 0 Å². The van der Waals surface area contributed by atoms with E-state index in [1.165, 1.54) is 23.9 Å². The number of amides is 1. The minimum Gasteiger partial charge on any atom is -0.452 e. The maximum Gasteiger partial charge on any atom is 0.338 e. The highest BCUT2D eigenvalue weighted by Crippen LogP contribution is 2.28. The molecule has 0 aliphatic rings. The molecule has 0 aliphatic heterocycles. The summed E-state index contributed by atoms with van der Waals surface area (Å²) in [5, 5.41) is 13.9. The van der Waals surface area contributed by atoms with Crippen molar-refractivity contribution in [2.75, 3.05) is 18.2 Å². The predicted octanol–water partition coefficient (Wildman–Crippen LogP) is 4.24. The minimum absolute atomic E-state index is 0.0282. The van der Waals surface area contributed by atoms with Crippen LogP contribution in [0.1, 0.15) is 35.3 Å². The van der Waals surface area contributed by atoms with Crippen molar-refractivity contribution in [1.29, 1.82) is 0 Å². The van der Waals surface area contributed by atoms with Crippen LogP contribution in [0.3, 0.4) is 0 Å². The van der Waals surface area contributed by atoms with Crippen LogP contribution in [0.2, 0.25) is 0 Å². The molecular formula is C20H22N2O5S. The number of nitro groups is 1. The molecule has 0 fully saturated rings. The van der Waals surface area contributed by atoms with Gasteiger partial charge in [0, 0.05) is 11.8 Å². The fourth-order valence-electron chi connectivity index (χ4n) is 2.75. The molecule has 0 saturated heterocycles. The standard InChI is InChI=1S/C20H22N2O5S/c1-4-13-7-6-8-14(5-2)19(13)21-18(23)12-27-20(24)15-9-10-17(28-3)16(11-15)22(25)26/h6-11H,4-5,12H2,1-3H3,(H,21,23). The molecule has 2 aromatic rings. The summed E-state index contributed by atoms with van der Waals surface area (Å²) in [4.78, 5) is 35.5. The Kier molecular flexibility index (Phi) is 7.57. The second-order valence-electron chi connectivity index (χ2n) is 5.93. The van der Waals surface area contributed by atoms with Crippen LogP contribution < -0.4 is 5.32 Å². The summed E-state index contributed by atoms with van der Waals surface area (Å²) < 4.78 is 5.04. The lowest BCUT2D eigenvalue weighted by Gasteiger charge is -2.14. The third-order valence-electron chi connectivity index (χ3n) is 4.21. The van der Waals surface area contributed by atoms with Crippen molar-refractivity contribution in [3.63, 3.8) is 0 Å². The lowest BCUT2D eigenvalue weighted by Crippen LogP contribution is -2.22. The van der Waals surface area contributed by atoms with Gasteiger partial charge < -0.3 is 10.1 Å². The number of esters is 1. The number of aryl methyl sites for hydroxylation is 2. The van der Waals surface area contributed by atoms with Crippen molar-refractivity contribution in [3.8, 4) is 0 Å². The first-order chi connectivity index (χ1) is 13.4. The molecule has 0 spiro atoms. The maximum atomic E-state index is 12.3. The largest absolute Gasteiger partial charge is 0.452 e. The molecule has 1 N–H and O–H groups in total. The Labute approximate surface area is 167 Å². The average molecular weight is 402 g/mol. The normalized spacial score (nSPS) is 10.4. The van der Waals surface area contributed by atoms with Crippen molar-refractivity contribution in [2.45, 2.75) is 31.6 Å². The summed E-state index contributed by atoms with van der Waals surface area (Å²) in [6.45, 7) is 3.52. The van der Waals surface area contributed by atoms with Crippen molar-refractivity contribution in [2.24, 2.45) is 0 Å². The zero-order chi connectivity index (χ0) is 20.7. The highest BCUT2D eigenvalue weighted by atomic mass is 32.2. The van der Waals surface area contributed by atoms with Gasteiger partial charge in [-0.05, 0) is 42.4 Å². The molecule has 0 aliphatic carbocycles. The molecule has 0 heterocycles. The van der Waals surface area contributed by atoms with Gasteiger partial charge in [-0.25, -0.2) is 4.79 Å². The van der Waals surface area contributed by atoms with E-state index in [-0.39, 0.29) is 11.3 Å². The van der Waals surface area contributed by atoms with Crippen LogP contribution in [0.15, 0.2) is 41.3 Å². The Bertz CT molecular complexity index is 876. The topological polar surface area (TPSA) is 98.5 Å². The van der Waals surface area contributed by atoms with Crippen LogP contribution >= 0.6 is 11.8 Å². The summed E-state index contributed by atoms with van der Waals surface area (Å²) in [5.41, 5.74) is 2.61. The number of nitrogens with one attached hydrogen (secondary N) is 1. The number of nitro benzene ring substituents is 1. The van der Waals surface area contributed by atoms with E-state index < -0.39 is 23.4 Å². The molecule has 2 rings (SSSR count). The van der Waals surface area contributed by atoms with E-state index in [0.29, 0.717) is 4.90 Å².